The minimum absolute atomic E-state index is 0.510. The van der Waals surface area contributed by atoms with E-state index in [0.717, 1.165) is 31.1 Å². The Balaban J connectivity index is 1.71. The van der Waals surface area contributed by atoms with Gasteiger partial charge in [-0.1, -0.05) is 0 Å². The molecule has 1 fully saturated rings. The van der Waals surface area contributed by atoms with Crippen LogP contribution in [-0.4, -0.2) is 22.2 Å². The van der Waals surface area contributed by atoms with Crippen molar-refractivity contribution in [1.82, 2.24) is 15.1 Å². The van der Waals surface area contributed by atoms with Gasteiger partial charge in [0.05, 0.1) is 5.69 Å². The van der Waals surface area contributed by atoms with Crippen LogP contribution in [0.15, 0.2) is 12.3 Å². The molecule has 1 aliphatic rings. The summed E-state index contributed by atoms with van der Waals surface area (Å²) in [6.45, 7) is 1.95. The molecule has 1 aliphatic carbocycles. The lowest BCUT2D eigenvalue weighted by atomic mass is 10.0. The number of aryl methyl sites for hydroxylation is 1. The van der Waals surface area contributed by atoms with Gasteiger partial charge in [-0.25, -0.2) is 0 Å². The van der Waals surface area contributed by atoms with Gasteiger partial charge in [-0.2, -0.15) is 5.10 Å². The van der Waals surface area contributed by atoms with Crippen molar-refractivity contribution in [2.24, 2.45) is 12.5 Å². The molecule has 0 bridgehead atoms. The van der Waals surface area contributed by atoms with Crippen LogP contribution in [0.1, 0.15) is 25.0 Å². The second kappa shape index (κ2) is 4.54. The second-order valence-corrected chi connectivity index (χ2v) is 4.90. The average molecular weight is 228 g/mol. The van der Waals surface area contributed by atoms with E-state index in [4.69, 9.17) is 11.6 Å². The molecule has 1 heterocycles. The van der Waals surface area contributed by atoms with Crippen LogP contribution in [-0.2, 0) is 13.6 Å². The van der Waals surface area contributed by atoms with Gasteiger partial charge in [0.15, 0.2) is 0 Å². The number of rotatable bonds is 6. The molecule has 0 radical (unpaired) electrons. The number of hydrogen-bond donors (Lipinski definition) is 1. The smallest absolute Gasteiger partial charge is 0.0762 e. The molecule has 3 nitrogen and oxygen atoms in total. The largest absolute Gasteiger partial charge is 0.311 e. The summed E-state index contributed by atoms with van der Waals surface area (Å²) in [5, 5.41) is 7.79. The highest BCUT2D eigenvalue weighted by Crippen LogP contribution is 2.48. The van der Waals surface area contributed by atoms with Gasteiger partial charge in [-0.05, 0) is 30.7 Å². The van der Waals surface area contributed by atoms with Crippen molar-refractivity contribution in [3.63, 3.8) is 0 Å². The van der Waals surface area contributed by atoms with Gasteiger partial charge in [-0.15, -0.1) is 11.6 Å². The summed E-state index contributed by atoms with van der Waals surface area (Å²) < 4.78 is 1.84. The zero-order valence-corrected chi connectivity index (χ0v) is 9.93. The van der Waals surface area contributed by atoms with Crippen molar-refractivity contribution in [2.45, 2.75) is 25.8 Å². The Hall–Kier alpha value is -0.540. The topological polar surface area (TPSA) is 29.9 Å². The molecule has 0 aliphatic heterocycles. The zero-order chi connectivity index (χ0) is 10.7. The Morgan fingerprint density at radius 1 is 1.60 bits per heavy atom. The number of hydrogen-bond acceptors (Lipinski definition) is 2. The number of nitrogens with one attached hydrogen (secondary N) is 1. The molecule has 1 aromatic heterocycles. The highest BCUT2D eigenvalue weighted by Gasteiger charge is 2.41. The monoisotopic (exact) mass is 227 g/mol. The molecule has 0 atom stereocenters. The molecule has 0 spiro atoms. The number of aromatic nitrogens is 2. The molecule has 84 valence electrons. The van der Waals surface area contributed by atoms with E-state index in [1.165, 1.54) is 12.8 Å². The molecular formula is C11H18ClN3. The van der Waals surface area contributed by atoms with Crippen molar-refractivity contribution in [1.29, 1.82) is 0 Å². The Morgan fingerprint density at radius 2 is 2.40 bits per heavy atom. The lowest BCUT2D eigenvalue weighted by Crippen LogP contribution is -2.24. The molecular weight excluding hydrogens is 210 g/mol. The summed E-state index contributed by atoms with van der Waals surface area (Å²) in [6, 6.07) is 2.05. The van der Waals surface area contributed by atoms with E-state index in [0.29, 0.717) is 5.41 Å². The molecule has 1 saturated carbocycles. The first-order valence-corrected chi connectivity index (χ1v) is 6.03. The highest BCUT2D eigenvalue weighted by atomic mass is 35.5. The first kappa shape index (κ1) is 11.0. The van der Waals surface area contributed by atoms with Gasteiger partial charge in [0.25, 0.3) is 0 Å². The fourth-order valence-corrected chi connectivity index (χ4v) is 2.31. The Bertz CT molecular complexity index is 317. The maximum absolute atomic E-state index is 5.78. The zero-order valence-electron chi connectivity index (χ0n) is 9.17. The SMILES string of the molecule is Cn1ccc(CNCC2(CCCl)CC2)n1. The summed E-state index contributed by atoms with van der Waals surface area (Å²) in [5.74, 6) is 0.783. The molecule has 0 saturated heterocycles. The van der Waals surface area contributed by atoms with Crippen molar-refractivity contribution in [2.75, 3.05) is 12.4 Å². The summed E-state index contributed by atoms with van der Waals surface area (Å²) in [4.78, 5) is 0. The third kappa shape index (κ3) is 2.95. The van der Waals surface area contributed by atoms with Crippen LogP contribution < -0.4 is 5.32 Å². The number of halogens is 1. The van der Waals surface area contributed by atoms with Crippen LogP contribution in [0, 0.1) is 5.41 Å². The summed E-state index contributed by atoms with van der Waals surface area (Å²) in [5.41, 5.74) is 1.62. The van der Waals surface area contributed by atoms with E-state index in [1.807, 2.05) is 24.0 Å². The van der Waals surface area contributed by atoms with Crippen LogP contribution in [0.25, 0.3) is 0 Å². The summed E-state index contributed by atoms with van der Waals surface area (Å²) >= 11 is 5.78. The Labute approximate surface area is 95.8 Å². The second-order valence-electron chi connectivity index (χ2n) is 4.52. The van der Waals surface area contributed by atoms with Gasteiger partial charge < -0.3 is 5.32 Å². The average Bonchev–Trinajstić information content (AvgIpc) is 2.83. The van der Waals surface area contributed by atoms with E-state index >= 15 is 0 Å². The van der Waals surface area contributed by atoms with E-state index in [1.54, 1.807) is 0 Å². The van der Waals surface area contributed by atoms with Gasteiger partial charge in [0.2, 0.25) is 0 Å². The van der Waals surface area contributed by atoms with Gasteiger partial charge in [-0.3, -0.25) is 4.68 Å². The molecule has 1 N–H and O–H groups in total. The van der Waals surface area contributed by atoms with E-state index in [9.17, 15) is 0 Å². The normalized spacial score (nSPS) is 18.0. The number of nitrogens with zero attached hydrogens (tertiary/aromatic N) is 2. The van der Waals surface area contributed by atoms with Crippen LogP contribution in [0.2, 0.25) is 0 Å². The van der Waals surface area contributed by atoms with Crippen LogP contribution in [0.4, 0.5) is 0 Å². The molecule has 0 aromatic carbocycles. The van der Waals surface area contributed by atoms with E-state index in [-0.39, 0.29) is 0 Å². The third-order valence-corrected chi connectivity index (χ3v) is 3.35. The lowest BCUT2D eigenvalue weighted by molar-refractivity contribution is 0.443. The van der Waals surface area contributed by atoms with Crippen LogP contribution in [0.3, 0.4) is 0 Å². The first-order valence-electron chi connectivity index (χ1n) is 5.49. The molecule has 1 aromatic rings. The van der Waals surface area contributed by atoms with Gasteiger partial charge >= 0.3 is 0 Å². The van der Waals surface area contributed by atoms with Crippen molar-refractivity contribution in [3.8, 4) is 0 Å². The molecule has 2 rings (SSSR count). The molecule has 0 amide bonds. The van der Waals surface area contributed by atoms with Crippen molar-refractivity contribution >= 4 is 11.6 Å². The Kier molecular flexibility index (Phi) is 3.32. The standard InChI is InChI=1S/C11H18ClN3/c1-15-7-2-10(14-15)8-13-9-11(3-4-11)5-6-12/h2,7,13H,3-6,8-9H2,1H3. The quantitative estimate of drug-likeness (QED) is 0.753. The first-order chi connectivity index (χ1) is 7.24. The van der Waals surface area contributed by atoms with Crippen molar-refractivity contribution in [3.05, 3.63) is 18.0 Å². The fourth-order valence-electron chi connectivity index (χ4n) is 1.91. The van der Waals surface area contributed by atoms with Crippen LogP contribution >= 0.6 is 11.6 Å². The summed E-state index contributed by atoms with van der Waals surface area (Å²) in [7, 11) is 1.94. The van der Waals surface area contributed by atoms with E-state index < -0.39 is 0 Å². The van der Waals surface area contributed by atoms with Gasteiger partial charge in [0.1, 0.15) is 0 Å². The molecule has 15 heavy (non-hydrogen) atoms. The highest BCUT2D eigenvalue weighted by molar-refractivity contribution is 6.17. The third-order valence-electron chi connectivity index (χ3n) is 3.16. The van der Waals surface area contributed by atoms with Crippen LogP contribution in [0.5, 0.6) is 0 Å². The number of alkyl halides is 1. The predicted octanol–water partition coefficient (Wildman–Crippen LogP) is 1.92. The predicted molar refractivity (Wildman–Crippen MR) is 61.9 cm³/mol. The van der Waals surface area contributed by atoms with E-state index in [2.05, 4.69) is 10.4 Å². The maximum atomic E-state index is 5.78. The minimum Gasteiger partial charge on any atom is -0.311 e. The molecule has 0 unspecified atom stereocenters. The van der Waals surface area contributed by atoms with Crippen molar-refractivity contribution < 1.29 is 0 Å². The lowest BCUT2D eigenvalue weighted by Gasteiger charge is -2.13. The molecule has 4 heteroatoms. The van der Waals surface area contributed by atoms with Gasteiger partial charge in [0, 0.05) is 32.2 Å². The Morgan fingerprint density at radius 3 is 2.93 bits per heavy atom. The minimum atomic E-state index is 0.510. The maximum Gasteiger partial charge on any atom is 0.0762 e. The summed E-state index contributed by atoms with van der Waals surface area (Å²) in [6.07, 6.45) is 5.77. The fraction of sp³-hybridized carbons (Fsp3) is 0.727.